The van der Waals surface area contributed by atoms with Gasteiger partial charge in [0.05, 0.1) is 7.11 Å². The van der Waals surface area contributed by atoms with Crippen molar-refractivity contribution in [3.05, 3.63) is 59.7 Å². The van der Waals surface area contributed by atoms with Crippen molar-refractivity contribution in [2.75, 3.05) is 7.11 Å². The Morgan fingerprint density at radius 3 is 2.35 bits per heavy atom. The van der Waals surface area contributed by atoms with Gasteiger partial charge in [-0.15, -0.1) is 0 Å². The highest BCUT2D eigenvalue weighted by atomic mass is 16.5. The molecule has 0 radical (unpaired) electrons. The molecule has 132 valence electrons. The Labute approximate surface area is 149 Å². The van der Waals surface area contributed by atoms with Gasteiger partial charge in [-0.05, 0) is 17.2 Å². The van der Waals surface area contributed by atoms with Crippen LogP contribution in [0.15, 0.2) is 48.5 Å². The molecule has 0 bridgehead atoms. The van der Waals surface area contributed by atoms with Crippen molar-refractivity contribution in [3.63, 3.8) is 0 Å². The number of imide groups is 2. The quantitative estimate of drug-likeness (QED) is 0.803. The highest BCUT2D eigenvalue weighted by Gasteiger charge is 2.60. The number of barbiturate groups is 1. The number of amides is 4. The maximum absolute atomic E-state index is 12.8. The van der Waals surface area contributed by atoms with Crippen molar-refractivity contribution in [2.45, 2.75) is 12.5 Å². The zero-order chi connectivity index (χ0) is 18.3. The van der Waals surface area contributed by atoms with E-state index in [4.69, 9.17) is 9.47 Å². The molecule has 2 heterocycles. The van der Waals surface area contributed by atoms with Crippen LogP contribution in [0.3, 0.4) is 0 Å². The third-order valence-electron chi connectivity index (χ3n) is 4.80. The molecule has 1 fully saturated rings. The van der Waals surface area contributed by atoms with Crippen molar-refractivity contribution in [1.29, 1.82) is 0 Å². The molecule has 2 aromatic carbocycles. The first-order chi connectivity index (χ1) is 12.6. The van der Waals surface area contributed by atoms with E-state index in [1.54, 1.807) is 42.5 Å². The van der Waals surface area contributed by atoms with Crippen LogP contribution in [0, 0.1) is 5.41 Å². The predicted molar refractivity (Wildman–Crippen MR) is 90.6 cm³/mol. The van der Waals surface area contributed by atoms with E-state index in [2.05, 4.69) is 10.6 Å². The summed E-state index contributed by atoms with van der Waals surface area (Å²) in [7, 11) is 1.53. The van der Waals surface area contributed by atoms with Gasteiger partial charge in [-0.2, -0.15) is 0 Å². The Hall–Kier alpha value is -3.35. The van der Waals surface area contributed by atoms with Gasteiger partial charge >= 0.3 is 6.03 Å². The summed E-state index contributed by atoms with van der Waals surface area (Å²) >= 11 is 0. The fraction of sp³-hybridized carbons (Fsp3) is 0.211. The van der Waals surface area contributed by atoms with Crippen molar-refractivity contribution in [1.82, 2.24) is 10.6 Å². The molecule has 4 amide bonds. The van der Waals surface area contributed by atoms with Crippen LogP contribution in [0.2, 0.25) is 0 Å². The Morgan fingerprint density at radius 1 is 1.00 bits per heavy atom. The molecule has 1 spiro atoms. The molecule has 0 aromatic heterocycles. The maximum Gasteiger partial charge on any atom is 0.328 e. The number of nitrogens with one attached hydrogen (secondary N) is 2. The summed E-state index contributed by atoms with van der Waals surface area (Å²) < 4.78 is 11.5. The molecule has 1 saturated heterocycles. The summed E-state index contributed by atoms with van der Waals surface area (Å²) in [6, 6.07) is 13.5. The fourth-order valence-electron chi connectivity index (χ4n) is 3.55. The van der Waals surface area contributed by atoms with E-state index in [-0.39, 0.29) is 6.42 Å². The van der Waals surface area contributed by atoms with Gasteiger partial charge in [0.1, 0.15) is 6.10 Å². The van der Waals surface area contributed by atoms with E-state index in [1.165, 1.54) is 7.11 Å². The third-order valence-corrected chi connectivity index (χ3v) is 4.80. The van der Waals surface area contributed by atoms with Crippen LogP contribution in [0.1, 0.15) is 17.2 Å². The van der Waals surface area contributed by atoms with E-state index in [0.29, 0.717) is 22.6 Å². The normalized spacial score (nSPS) is 20.7. The van der Waals surface area contributed by atoms with Crippen LogP contribution in [0.4, 0.5) is 4.79 Å². The van der Waals surface area contributed by atoms with Gasteiger partial charge in [-0.1, -0.05) is 42.5 Å². The molecule has 2 aliphatic rings. The largest absolute Gasteiger partial charge is 0.493 e. The van der Waals surface area contributed by atoms with Crippen LogP contribution in [0.5, 0.6) is 11.5 Å². The number of fused-ring (bicyclic) bond motifs is 1. The minimum Gasteiger partial charge on any atom is -0.493 e. The molecular weight excluding hydrogens is 336 g/mol. The third kappa shape index (κ3) is 2.24. The van der Waals surface area contributed by atoms with E-state index in [1.807, 2.05) is 6.07 Å². The fourth-order valence-corrected chi connectivity index (χ4v) is 3.55. The van der Waals surface area contributed by atoms with Crippen LogP contribution in [0.25, 0.3) is 0 Å². The smallest absolute Gasteiger partial charge is 0.328 e. The van der Waals surface area contributed by atoms with Gasteiger partial charge in [0.2, 0.25) is 11.8 Å². The molecule has 2 aliphatic heterocycles. The number of hydrogen-bond acceptors (Lipinski definition) is 5. The molecule has 0 aliphatic carbocycles. The summed E-state index contributed by atoms with van der Waals surface area (Å²) in [5, 5.41) is 4.42. The first-order valence-electron chi connectivity index (χ1n) is 8.10. The molecule has 7 nitrogen and oxygen atoms in total. The molecule has 26 heavy (non-hydrogen) atoms. The lowest BCUT2D eigenvalue weighted by atomic mass is 9.70. The van der Waals surface area contributed by atoms with E-state index in [9.17, 15) is 14.4 Å². The zero-order valence-corrected chi connectivity index (χ0v) is 13.9. The maximum atomic E-state index is 12.8. The molecule has 4 rings (SSSR count). The number of carbonyl (C=O) groups excluding carboxylic acids is 3. The number of ether oxygens (including phenoxy) is 2. The van der Waals surface area contributed by atoms with Crippen LogP contribution in [-0.4, -0.2) is 25.0 Å². The topological polar surface area (TPSA) is 93.7 Å². The Kier molecular flexibility index (Phi) is 3.64. The second-order valence-electron chi connectivity index (χ2n) is 6.24. The SMILES string of the molecule is COc1cccc2c1O[C@H](c1ccccc1)C1(C2)C(=O)NC(=O)NC1=O. The van der Waals surface area contributed by atoms with E-state index in [0.717, 1.165) is 0 Å². The summed E-state index contributed by atoms with van der Waals surface area (Å²) in [6.45, 7) is 0. The predicted octanol–water partition coefficient (Wildman–Crippen LogP) is 1.72. The van der Waals surface area contributed by atoms with Crippen molar-refractivity contribution in [3.8, 4) is 11.5 Å². The van der Waals surface area contributed by atoms with Crippen LogP contribution < -0.4 is 20.1 Å². The van der Waals surface area contributed by atoms with Crippen LogP contribution in [-0.2, 0) is 16.0 Å². The van der Waals surface area contributed by atoms with Gasteiger partial charge in [0.25, 0.3) is 0 Å². The Morgan fingerprint density at radius 2 is 1.69 bits per heavy atom. The zero-order valence-electron chi connectivity index (χ0n) is 13.9. The number of urea groups is 1. The molecule has 2 aromatic rings. The van der Waals surface area contributed by atoms with E-state index < -0.39 is 29.4 Å². The molecule has 2 N–H and O–H groups in total. The van der Waals surface area contributed by atoms with Crippen molar-refractivity contribution in [2.24, 2.45) is 5.41 Å². The summed E-state index contributed by atoms with van der Waals surface area (Å²) in [5.74, 6) is -0.333. The first kappa shape index (κ1) is 16.1. The lowest BCUT2D eigenvalue weighted by molar-refractivity contribution is -0.153. The summed E-state index contributed by atoms with van der Waals surface area (Å²) in [5.41, 5.74) is -0.269. The second kappa shape index (κ2) is 5.87. The number of para-hydroxylation sites is 1. The standard InChI is InChI=1S/C19H16N2O5/c1-25-13-9-5-8-12-10-19(16(22)20-18(24)21-17(19)23)15(26-14(12)13)11-6-3-2-4-7-11/h2-9,15H,10H2,1H3,(H2,20,21,22,23,24)/t15-/m1/s1. The minimum absolute atomic E-state index is 0.0873. The average Bonchev–Trinajstić information content (AvgIpc) is 2.65. The average molecular weight is 352 g/mol. The van der Waals surface area contributed by atoms with Gasteiger partial charge < -0.3 is 9.47 Å². The van der Waals surface area contributed by atoms with Gasteiger partial charge in [-0.3, -0.25) is 20.2 Å². The van der Waals surface area contributed by atoms with Crippen molar-refractivity contribution >= 4 is 17.8 Å². The number of hydrogen-bond donors (Lipinski definition) is 2. The van der Waals surface area contributed by atoms with Crippen LogP contribution >= 0.6 is 0 Å². The number of benzene rings is 2. The lowest BCUT2D eigenvalue weighted by Gasteiger charge is -2.43. The van der Waals surface area contributed by atoms with Gasteiger partial charge in [0, 0.05) is 6.42 Å². The molecule has 0 unspecified atom stereocenters. The molecule has 7 heteroatoms. The Balaban J connectivity index is 1.92. The number of carbonyl (C=O) groups is 3. The highest BCUT2D eigenvalue weighted by molar-refractivity contribution is 6.20. The van der Waals surface area contributed by atoms with E-state index >= 15 is 0 Å². The molecule has 1 atom stereocenters. The summed E-state index contributed by atoms with van der Waals surface area (Å²) in [6.07, 6.45) is -0.815. The second-order valence-corrected chi connectivity index (χ2v) is 6.24. The number of rotatable bonds is 2. The summed E-state index contributed by atoms with van der Waals surface area (Å²) in [4.78, 5) is 37.2. The Bertz CT molecular complexity index is 889. The minimum atomic E-state index is -1.59. The number of methoxy groups -OCH3 is 1. The van der Waals surface area contributed by atoms with Gasteiger partial charge in [0.15, 0.2) is 16.9 Å². The molecule has 0 saturated carbocycles. The highest BCUT2D eigenvalue weighted by Crippen LogP contribution is 2.50. The monoisotopic (exact) mass is 352 g/mol. The van der Waals surface area contributed by atoms with Crippen molar-refractivity contribution < 1.29 is 23.9 Å². The first-order valence-corrected chi connectivity index (χ1v) is 8.10. The molecular formula is C19H16N2O5. The lowest BCUT2D eigenvalue weighted by Crippen LogP contribution is -2.66. The van der Waals surface area contributed by atoms with Gasteiger partial charge in [-0.25, -0.2) is 4.79 Å².